The van der Waals surface area contributed by atoms with E-state index >= 15 is 0 Å². The first-order valence-corrected chi connectivity index (χ1v) is 7.95. The molecule has 3 aromatic heterocycles. The molecule has 0 bridgehead atoms. The summed E-state index contributed by atoms with van der Waals surface area (Å²) in [5.74, 6) is 0.546. The number of nitrogens with zero attached hydrogens (tertiary/aromatic N) is 5. The van der Waals surface area contributed by atoms with Crippen LogP contribution in [0.4, 0.5) is 0 Å². The van der Waals surface area contributed by atoms with Gasteiger partial charge >= 0.3 is 0 Å². The van der Waals surface area contributed by atoms with Gasteiger partial charge in [0.05, 0.1) is 0 Å². The Morgan fingerprint density at radius 3 is 2.41 bits per heavy atom. The van der Waals surface area contributed by atoms with Crippen LogP contribution in [-0.2, 0) is 9.47 Å². The van der Waals surface area contributed by atoms with E-state index in [2.05, 4.69) is 24.9 Å². The summed E-state index contributed by atoms with van der Waals surface area (Å²) in [4.78, 5) is 20.5. The van der Waals surface area contributed by atoms with Crippen LogP contribution in [0.15, 0.2) is 54.5 Å². The van der Waals surface area contributed by atoms with Crippen LogP contribution in [0.25, 0.3) is 34.0 Å². The Hall–Kier alpha value is -3.79. The fraction of sp³-hybridized carbons (Fsp3) is 0.118. The molecule has 132 valence electrons. The zero-order chi connectivity index (χ0) is 17.8. The van der Waals surface area contributed by atoms with E-state index in [0.717, 1.165) is 22.2 Å². The zero-order valence-corrected chi connectivity index (χ0v) is 13.5. The Kier molecular flexibility index (Phi) is 2.72. The van der Waals surface area contributed by atoms with Crippen molar-refractivity contribution in [2.45, 2.75) is 5.72 Å². The molecule has 1 unspecified atom stereocenters. The van der Waals surface area contributed by atoms with Gasteiger partial charge in [0.2, 0.25) is 0 Å². The number of fused-ring (bicyclic) bond motifs is 3. The topological polar surface area (TPSA) is 121 Å². The molecule has 7 rings (SSSR count). The van der Waals surface area contributed by atoms with Gasteiger partial charge in [-0.05, 0) is 0 Å². The van der Waals surface area contributed by atoms with Gasteiger partial charge in [0.1, 0.15) is 23.5 Å². The van der Waals surface area contributed by atoms with Gasteiger partial charge in [-0.2, -0.15) is 0 Å². The van der Waals surface area contributed by atoms with E-state index in [1.165, 1.54) is 25.6 Å². The lowest BCUT2D eigenvalue weighted by Crippen LogP contribution is -2.45. The normalized spacial score (nSPS) is 21.8. The molecule has 0 saturated carbocycles. The quantitative estimate of drug-likeness (QED) is 0.448. The van der Waals surface area contributed by atoms with Crippen LogP contribution in [0.3, 0.4) is 0 Å². The molecule has 0 amide bonds. The zero-order valence-electron chi connectivity index (χ0n) is 13.5. The number of ether oxygens (including phenoxy) is 2. The van der Waals surface area contributed by atoms with Gasteiger partial charge in [-0.15, -0.1) is 0 Å². The Morgan fingerprint density at radius 1 is 0.889 bits per heavy atom. The summed E-state index contributed by atoms with van der Waals surface area (Å²) >= 11 is 0. The lowest BCUT2D eigenvalue weighted by atomic mass is 10.0. The molecule has 1 spiro atoms. The Balaban J connectivity index is 0.000000111. The lowest BCUT2D eigenvalue weighted by molar-refractivity contribution is 0.0758. The summed E-state index contributed by atoms with van der Waals surface area (Å²) in [6.07, 6.45) is 7.32. The molecule has 5 heterocycles. The minimum atomic E-state index is -0.899. The van der Waals surface area contributed by atoms with E-state index in [1.54, 1.807) is 18.2 Å². The molecule has 4 aromatic rings. The van der Waals surface area contributed by atoms with E-state index in [9.17, 15) is 0 Å². The maximum atomic E-state index is 5.52. The molecule has 0 fully saturated rings. The fourth-order valence-corrected chi connectivity index (χ4v) is 3.17. The van der Waals surface area contributed by atoms with Crippen molar-refractivity contribution in [3.63, 3.8) is 0 Å². The smallest absolute Gasteiger partial charge is 0.268 e. The van der Waals surface area contributed by atoms with Gasteiger partial charge in [0.15, 0.2) is 53.3 Å². The van der Waals surface area contributed by atoms with Crippen molar-refractivity contribution in [3.05, 3.63) is 42.1 Å². The van der Waals surface area contributed by atoms with E-state index in [4.69, 9.17) is 22.7 Å². The molecule has 1 atom stereocenters. The van der Waals surface area contributed by atoms with Crippen LogP contribution in [0, 0.1) is 0 Å². The Labute approximate surface area is 149 Å². The maximum Gasteiger partial charge on any atom is 0.268 e. The average Bonchev–Trinajstić information content (AvgIpc) is 3.47. The Bertz CT molecular complexity index is 1290. The van der Waals surface area contributed by atoms with Crippen LogP contribution >= 0.6 is 0 Å². The molecule has 0 saturated heterocycles. The number of hydrogen-bond donors (Lipinski definition) is 0. The highest BCUT2D eigenvalue weighted by Crippen LogP contribution is 2.35. The van der Waals surface area contributed by atoms with Crippen LogP contribution in [0.2, 0.25) is 0 Å². The van der Waals surface area contributed by atoms with Crippen LogP contribution in [0.1, 0.15) is 0 Å². The summed E-state index contributed by atoms with van der Waals surface area (Å²) in [5.41, 5.74) is 3.49. The fourth-order valence-electron chi connectivity index (χ4n) is 3.17. The van der Waals surface area contributed by atoms with Crippen LogP contribution in [-0.4, -0.2) is 39.5 Å². The molecule has 0 radical (unpaired) electrons. The second-order valence-corrected chi connectivity index (χ2v) is 5.84. The predicted octanol–water partition coefficient (Wildman–Crippen LogP) is 0.729. The number of rotatable bonds is 0. The van der Waals surface area contributed by atoms with Crippen LogP contribution < -0.4 is 10.8 Å². The van der Waals surface area contributed by atoms with Crippen molar-refractivity contribution in [1.29, 1.82) is 0 Å². The van der Waals surface area contributed by atoms with Crippen LogP contribution in [0.5, 0.6) is 0 Å². The summed E-state index contributed by atoms with van der Waals surface area (Å²) < 4.78 is 26.3. The summed E-state index contributed by atoms with van der Waals surface area (Å²) in [6.45, 7) is 0.278. The average molecular weight is 363 g/mol. The minimum Gasteiger partial charge on any atom is -0.443 e. The third-order valence-corrected chi connectivity index (χ3v) is 4.43. The van der Waals surface area contributed by atoms with E-state index < -0.39 is 5.72 Å². The molecule has 2 aliphatic heterocycles. The highest BCUT2D eigenvalue weighted by Gasteiger charge is 2.50. The monoisotopic (exact) mass is 363 g/mol. The molecule has 3 aliphatic rings. The first kappa shape index (κ1) is 14.4. The number of hydrogen-bond acceptors (Lipinski definition) is 10. The van der Waals surface area contributed by atoms with E-state index in [-0.39, 0.29) is 6.73 Å². The van der Waals surface area contributed by atoms with Gasteiger partial charge in [0, 0.05) is 18.2 Å². The molecule has 27 heavy (non-hydrogen) atoms. The largest absolute Gasteiger partial charge is 0.443 e. The van der Waals surface area contributed by atoms with Crippen molar-refractivity contribution in [2.24, 2.45) is 9.98 Å². The molecule has 0 N–H and O–H groups in total. The number of aliphatic imine (C=N–C) groups is 2. The highest BCUT2D eigenvalue weighted by atomic mass is 16.6. The van der Waals surface area contributed by atoms with Gasteiger partial charge < -0.3 is 22.7 Å². The number of benzene rings is 1. The summed E-state index contributed by atoms with van der Waals surface area (Å²) in [7, 11) is 0. The Morgan fingerprint density at radius 2 is 1.63 bits per heavy atom. The van der Waals surface area contributed by atoms with Gasteiger partial charge in [-0.1, -0.05) is 0 Å². The number of oxazole rings is 3. The molecular weight excluding hydrogens is 354 g/mol. The lowest BCUT2D eigenvalue weighted by Gasteiger charge is -2.20. The summed E-state index contributed by atoms with van der Waals surface area (Å²) in [6, 6.07) is 3.61. The minimum absolute atomic E-state index is 0.278. The summed E-state index contributed by atoms with van der Waals surface area (Å²) in [5, 5.41) is 0.633. The van der Waals surface area contributed by atoms with Crippen molar-refractivity contribution >= 4 is 46.1 Å². The first-order valence-electron chi connectivity index (χ1n) is 7.95. The molecule has 1 aliphatic carbocycles. The second kappa shape index (κ2) is 5.11. The molecule has 10 heteroatoms. The van der Waals surface area contributed by atoms with Crippen molar-refractivity contribution in [1.82, 2.24) is 15.0 Å². The van der Waals surface area contributed by atoms with Crippen molar-refractivity contribution in [2.75, 3.05) is 6.73 Å². The van der Waals surface area contributed by atoms with Gasteiger partial charge in [0.25, 0.3) is 5.72 Å². The molecule has 1 aromatic carbocycles. The van der Waals surface area contributed by atoms with Gasteiger partial charge in [-0.25, -0.2) is 19.9 Å². The van der Waals surface area contributed by atoms with Gasteiger partial charge in [-0.3, -0.25) is 4.99 Å². The van der Waals surface area contributed by atoms with Crippen molar-refractivity contribution < 1.29 is 22.7 Å². The molecule has 10 nitrogen and oxygen atoms in total. The maximum absolute atomic E-state index is 5.52. The predicted molar refractivity (Wildman–Crippen MR) is 90.9 cm³/mol. The van der Waals surface area contributed by atoms with Crippen molar-refractivity contribution in [3.8, 4) is 0 Å². The third-order valence-electron chi connectivity index (χ3n) is 4.43. The molecular formula is C17H9N5O5. The van der Waals surface area contributed by atoms with E-state index in [0.29, 0.717) is 22.2 Å². The highest BCUT2D eigenvalue weighted by molar-refractivity contribution is 6.22. The number of aromatic nitrogens is 3. The standard InChI is InChI=1S/C9H5N3O3.C8H4N2O2/c1-5-7(11-2-13-5)8-9(12-4-14-8)6(1)10-3-15-9;1-5-8(12-3-9-5)2-6-7(1)11-4-10-6/h1-2,4H,3H2;1-4H. The SMILES string of the molecule is C1=NC23OCN=C2C=c2ocnc2=C3O1.c1nc2cc3ocnc3cc2o1. The third kappa shape index (κ3) is 1.95. The van der Waals surface area contributed by atoms with E-state index in [1.807, 2.05) is 0 Å². The first-order chi connectivity index (χ1) is 13.3. The second-order valence-electron chi connectivity index (χ2n) is 5.84.